The molecule has 0 heterocycles. The molecule has 0 aromatic rings. The molecule has 0 saturated carbocycles. The monoisotopic (exact) mass is 371 g/mol. The Morgan fingerprint density at radius 2 is 1.54 bits per heavy atom. The van der Waals surface area contributed by atoms with Crippen molar-refractivity contribution in [2.24, 2.45) is 0 Å². The molecule has 1 atom stereocenters. The molecule has 1 amide bonds. The van der Waals surface area contributed by atoms with Crippen LogP contribution in [0.3, 0.4) is 0 Å². The van der Waals surface area contributed by atoms with Gasteiger partial charge in [0, 0.05) is 6.42 Å². The molecule has 1 unspecified atom stereocenters. The molecule has 0 radical (unpaired) electrons. The van der Waals surface area contributed by atoms with E-state index in [9.17, 15) is 40.3 Å². The summed E-state index contributed by atoms with van der Waals surface area (Å²) in [4.78, 5) is 22.7. The Morgan fingerprint density at radius 3 is 1.96 bits per heavy atom. The summed E-state index contributed by atoms with van der Waals surface area (Å²) in [6, 6.07) is -2.45. The quantitative estimate of drug-likeness (QED) is 0.525. The Labute approximate surface area is 132 Å². The van der Waals surface area contributed by atoms with Gasteiger partial charge in [0.2, 0.25) is 0 Å². The lowest BCUT2D eigenvalue weighted by Gasteiger charge is -2.30. The number of carbonyl (C=O) groups is 2. The van der Waals surface area contributed by atoms with Crippen molar-refractivity contribution in [2.75, 3.05) is 13.2 Å². The zero-order valence-corrected chi connectivity index (χ0v) is 12.7. The highest BCUT2D eigenvalue weighted by Crippen LogP contribution is 2.48. The molecule has 0 bridgehead atoms. The molecule has 1 N–H and O–H groups in total. The normalized spacial score (nSPS) is 14.0. The van der Waals surface area contributed by atoms with Crippen molar-refractivity contribution < 1.29 is 49.8 Å². The number of esters is 1. The zero-order chi connectivity index (χ0) is 19.2. The van der Waals surface area contributed by atoms with Gasteiger partial charge >= 0.3 is 30.1 Å². The van der Waals surface area contributed by atoms with Gasteiger partial charge in [-0.05, 0) is 13.3 Å². The molecule has 0 spiro atoms. The molecule has 0 aliphatic heterocycles. The van der Waals surface area contributed by atoms with Crippen LogP contribution in [-0.2, 0) is 14.3 Å². The van der Waals surface area contributed by atoms with E-state index in [0.717, 1.165) is 0 Å². The molecule has 5 nitrogen and oxygen atoms in total. The van der Waals surface area contributed by atoms with Crippen LogP contribution >= 0.6 is 0 Å². The fourth-order valence-electron chi connectivity index (χ4n) is 1.40. The Hall–Kier alpha value is -1.75. The average Bonchev–Trinajstić information content (AvgIpc) is 2.42. The molecular weight excluding hydrogens is 355 g/mol. The van der Waals surface area contributed by atoms with Crippen LogP contribution in [0.5, 0.6) is 0 Å². The van der Waals surface area contributed by atoms with Gasteiger partial charge in [0.25, 0.3) is 0 Å². The standard InChI is InChI=1S/C12H16F7NO4/c1-3-5-24-8(21)7(20-9(22)23-4-2)6-10(13,14)11(15,16)12(17,18)19/h7H,3-6H2,1-2H3,(H,20,22). The number of hydrogen-bond acceptors (Lipinski definition) is 4. The maximum absolute atomic E-state index is 13.4. The molecule has 24 heavy (non-hydrogen) atoms. The lowest BCUT2D eigenvalue weighted by molar-refractivity contribution is -0.356. The van der Waals surface area contributed by atoms with Gasteiger partial charge < -0.3 is 14.8 Å². The van der Waals surface area contributed by atoms with Crippen molar-refractivity contribution in [2.45, 2.75) is 50.8 Å². The van der Waals surface area contributed by atoms with Crippen LogP contribution < -0.4 is 5.32 Å². The second kappa shape index (κ2) is 8.38. The lowest BCUT2D eigenvalue weighted by Crippen LogP contribution is -2.56. The lowest BCUT2D eigenvalue weighted by atomic mass is 10.0. The Balaban J connectivity index is 5.35. The van der Waals surface area contributed by atoms with Crippen LogP contribution in [0.1, 0.15) is 26.7 Å². The third-order valence-electron chi connectivity index (χ3n) is 2.58. The van der Waals surface area contributed by atoms with Crippen molar-refractivity contribution in [3.63, 3.8) is 0 Å². The smallest absolute Gasteiger partial charge is 0.459 e. The summed E-state index contributed by atoms with van der Waals surface area (Å²) >= 11 is 0. The summed E-state index contributed by atoms with van der Waals surface area (Å²) in [7, 11) is 0. The van der Waals surface area contributed by atoms with Gasteiger partial charge in [-0.3, -0.25) is 0 Å². The van der Waals surface area contributed by atoms with Crippen molar-refractivity contribution in [1.29, 1.82) is 0 Å². The van der Waals surface area contributed by atoms with Crippen LogP contribution in [0.2, 0.25) is 0 Å². The van der Waals surface area contributed by atoms with E-state index in [2.05, 4.69) is 9.47 Å². The fourth-order valence-corrected chi connectivity index (χ4v) is 1.40. The van der Waals surface area contributed by atoms with Gasteiger partial charge in [-0.1, -0.05) is 6.92 Å². The van der Waals surface area contributed by atoms with Crippen LogP contribution in [0.15, 0.2) is 0 Å². The third-order valence-corrected chi connectivity index (χ3v) is 2.58. The molecule has 0 aromatic heterocycles. The van der Waals surface area contributed by atoms with Crippen molar-refractivity contribution in [3.05, 3.63) is 0 Å². The topological polar surface area (TPSA) is 64.6 Å². The summed E-state index contributed by atoms with van der Waals surface area (Å²) < 4.78 is 97.6. The van der Waals surface area contributed by atoms with E-state index >= 15 is 0 Å². The molecule has 0 fully saturated rings. The average molecular weight is 371 g/mol. The minimum absolute atomic E-state index is 0.229. The number of alkyl carbamates (subject to hydrolysis) is 1. The summed E-state index contributed by atoms with van der Waals surface area (Å²) in [6.45, 7) is 2.28. The van der Waals surface area contributed by atoms with Gasteiger partial charge in [-0.25, -0.2) is 9.59 Å². The molecule has 0 aromatic carbocycles. The largest absolute Gasteiger partial charge is 0.464 e. The predicted octanol–water partition coefficient (Wildman–Crippen LogP) is 3.28. The van der Waals surface area contributed by atoms with Gasteiger partial charge in [-0.15, -0.1) is 0 Å². The second-order valence-electron chi connectivity index (χ2n) is 4.57. The molecule has 0 aliphatic rings. The predicted molar refractivity (Wildman–Crippen MR) is 65.8 cm³/mol. The van der Waals surface area contributed by atoms with Crippen LogP contribution in [0.25, 0.3) is 0 Å². The number of nitrogens with one attached hydrogen (secondary N) is 1. The summed E-state index contributed by atoms with van der Waals surface area (Å²) in [5.41, 5.74) is 0. The van der Waals surface area contributed by atoms with E-state index in [4.69, 9.17) is 0 Å². The minimum Gasteiger partial charge on any atom is -0.464 e. The maximum atomic E-state index is 13.4. The van der Waals surface area contributed by atoms with Gasteiger partial charge in [0.15, 0.2) is 0 Å². The number of alkyl halides is 7. The molecule has 0 aliphatic carbocycles. The number of carbonyl (C=O) groups excluding carboxylic acids is 2. The number of ether oxygens (including phenoxy) is 2. The first kappa shape index (κ1) is 22.2. The maximum Gasteiger partial charge on any atom is 0.459 e. The van der Waals surface area contributed by atoms with Crippen LogP contribution in [0, 0.1) is 0 Å². The summed E-state index contributed by atoms with van der Waals surface area (Å²) in [6.07, 6.45) is -10.1. The zero-order valence-electron chi connectivity index (χ0n) is 12.7. The van der Waals surface area contributed by atoms with Crippen molar-refractivity contribution in [1.82, 2.24) is 5.32 Å². The Morgan fingerprint density at radius 1 is 1.00 bits per heavy atom. The highest BCUT2D eigenvalue weighted by atomic mass is 19.4. The number of halogens is 7. The first-order valence-corrected chi connectivity index (χ1v) is 6.72. The Bertz CT molecular complexity index is 440. The third kappa shape index (κ3) is 5.71. The van der Waals surface area contributed by atoms with Crippen molar-refractivity contribution in [3.8, 4) is 0 Å². The minimum atomic E-state index is -6.54. The molecule has 142 valence electrons. The molecule has 12 heteroatoms. The number of rotatable bonds is 8. The highest BCUT2D eigenvalue weighted by molar-refractivity contribution is 5.81. The number of amides is 1. The summed E-state index contributed by atoms with van der Waals surface area (Å²) in [5.74, 6) is -13.7. The van der Waals surface area contributed by atoms with Gasteiger partial charge in [-0.2, -0.15) is 30.7 Å². The van der Waals surface area contributed by atoms with E-state index in [0.29, 0.717) is 0 Å². The van der Waals surface area contributed by atoms with Gasteiger partial charge in [0.1, 0.15) is 6.04 Å². The molecular formula is C12H16F7NO4. The van der Waals surface area contributed by atoms with E-state index in [1.165, 1.54) is 19.2 Å². The highest BCUT2D eigenvalue weighted by Gasteiger charge is 2.73. The first-order valence-electron chi connectivity index (χ1n) is 6.72. The van der Waals surface area contributed by atoms with E-state index in [1.54, 1.807) is 0 Å². The second-order valence-corrected chi connectivity index (χ2v) is 4.57. The molecule has 0 saturated heterocycles. The number of hydrogen-bond donors (Lipinski definition) is 1. The van der Waals surface area contributed by atoms with E-state index < -0.39 is 42.5 Å². The SMILES string of the molecule is CCCOC(=O)C(CC(F)(F)C(F)(F)C(F)(F)F)NC(=O)OCC. The van der Waals surface area contributed by atoms with Crippen LogP contribution in [-0.4, -0.2) is 49.3 Å². The fraction of sp³-hybridized carbons (Fsp3) is 0.833. The van der Waals surface area contributed by atoms with Gasteiger partial charge in [0.05, 0.1) is 13.2 Å². The Kier molecular flexibility index (Phi) is 7.77. The molecule has 0 rings (SSSR count). The van der Waals surface area contributed by atoms with Crippen LogP contribution in [0.4, 0.5) is 35.5 Å². The summed E-state index contributed by atoms with van der Waals surface area (Å²) in [5, 5.41) is 1.49. The van der Waals surface area contributed by atoms with Crippen molar-refractivity contribution >= 4 is 12.1 Å². The van der Waals surface area contributed by atoms with E-state index in [1.807, 2.05) is 0 Å². The van der Waals surface area contributed by atoms with E-state index in [-0.39, 0.29) is 19.6 Å². The first-order chi connectivity index (χ1) is 10.8.